The van der Waals surface area contributed by atoms with Crippen molar-refractivity contribution in [3.63, 3.8) is 0 Å². The molecule has 0 bridgehead atoms. The molecule has 1 atom stereocenters. The SMILES string of the molecule is CCC(CCCCCCCn1c2ccccc2c2cc(C=O)ccc21)n1c2ccccc2c2cc(C=O)ccc21. The molecule has 0 radical (unpaired) electrons. The molecule has 0 amide bonds. The topological polar surface area (TPSA) is 44.0 Å². The summed E-state index contributed by atoms with van der Waals surface area (Å²) in [5.41, 5.74) is 6.41. The minimum absolute atomic E-state index is 0.443. The molecule has 0 aliphatic carbocycles. The van der Waals surface area contributed by atoms with Crippen molar-refractivity contribution in [2.24, 2.45) is 0 Å². The number of hydrogen-bond donors (Lipinski definition) is 0. The predicted octanol–water partition coefficient (Wildman–Crippen LogP) is 9.52. The largest absolute Gasteiger partial charge is 0.340 e. The molecular weight excluding hydrogens is 492 g/mol. The number of aryl methyl sites for hydroxylation is 1. The van der Waals surface area contributed by atoms with Gasteiger partial charge in [-0.15, -0.1) is 0 Å². The molecule has 0 N–H and O–H groups in total. The molecule has 4 heteroatoms. The molecule has 0 spiro atoms. The normalized spacial score (nSPS) is 12.5. The lowest BCUT2D eigenvalue weighted by atomic mass is 10.0. The average molecular weight is 529 g/mol. The maximum atomic E-state index is 11.4. The van der Waals surface area contributed by atoms with Gasteiger partial charge in [0.2, 0.25) is 0 Å². The fourth-order valence-corrected chi connectivity index (χ4v) is 6.57. The molecule has 6 rings (SSSR count). The van der Waals surface area contributed by atoms with Crippen molar-refractivity contribution in [1.82, 2.24) is 9.13 Å². The third-order valence-electron chi connectivity index (χ3n) is 8.56. The molecule has 4 nitrogen and oxygen atoms in total. The average Bonchev–Trinajstić information content (AvgIpc) is 3.50. The first kappa shape index (κ1) is 26.1. The van der Waals surface area contributed by atoms with Gasteiger partial charge in [-0.1, -0.05) is 69.0 Å². The van der Waals surface area contributed by atoms with Crippen LogP contribution in [0.3, 0.4) is 0 Å². The number of rotatable bonds is 12. The highest BCUT2D eigenvalue weighted by molar-refractivity contribution is 6.10. The van der Waals surface area contributed by atoms with E-state index in [1.54, 1.807) is 0 Å². The van der Waals surface area contributed by atoms with Crippen LogP contribution in [0.4, 0.5) is 0 Å². The number of benzene rings is 4. The zero-order valence-electron chi connectivity index (χ0n) is 23.2. The van der Waals surface area contributed by atoms with Gasteiger partial charge in [-0.2, -0.15) is 0 Å². The number of unbranched alkanes of at least 4 members (excludes halogenated alkanes) is 4. The Morgan fingerprint density at radius 2 is 1.12 bits per heavy atom. The van der Waals surface area contributed by atoms with Crippen LogP contribution in [0.2, 0.25) is 0 Å². The first-order chi connectivity index (χ1) is 19.7. The van der Waals surface area contributed by atoms with E-state index < -0.39 is 0 Å². The van der Waals surface area contributed by atoms with Crippen molar-refractivity contribution in [3.8, 4) is 0 Å². The van der Waals surface area contributed by atoms with Crippen molar-refractivity contribution in [2.45, 2.75) is 64.5 Å². The van der Waals surface area contributed by atoms with Gasteiger partial charge in [0.25, 0.3) is 0 Å². The lowest BCUT2D eigenvalue weighted by molar-refractivity contribution is 0.111. The van der Waals surface area contributed by atoms with E-state index in [4.69, 9.17) is 0 Å². The molecule has 0 aliphatic rings. The molecule has 4 aromatic carbocycles. The molecule has 0 aliphatic heterocycles. The number of carbonyl (C=O) groups excluding carboxylic acids is 2. The Balaban J connectivity index is 1.09. The quantitative estimate of drug-likeness (QED) is 0.117. The number of nitrogens with zero attached hydrogens (tertiary/aromatic N) is 2. The van der Waals surface area contributed by atoms with E-state index in [0.717, 1.165) is 49.5 Å². The van der Waals surface area contributed by atoms with Crippen LogP contribution in [0.1, 0.15) is 78.6 Å². The second kappa shape index (κ2) is 11.5. The summed E-state index contributed by atoms with van der Waals surface area (Å²) in [5.74, 6) is 0. The second-order valence-corrected chi connectivity index (χ2v) is 11.0. The van der Waals surface area contributed by atoms with Gasteiger partial charge in [0, 0.05) is 67.3 Å². The van der Waals surface area contributed by atoms with E-state index in [-0.39, 0.29) is 0 Å². The van der Waals surface area contributed by atoms with E-state index >= 15 is 0 Å². The first-order valence-electron chi connectivity index (χ1n) is 14.7. The molecule has 40 heavy (non-hydrogen) atoms. The van der Waals surface area contributed by atoms with E-state index in [2.05, 4.69) is 76.7 Å². The molecule has 1 unspecified atom stereocenters. The van der Waals surface area contributed by atoms with Gasteiger partial charge in [0.15, 0.2) is 0 Å². The van der Waals surface area contributed by atoms with Gasteiger partial charge in [-0.05, 0) is 67.8 Å². The van der Waals surface area contributed by atoms with Crippen LogP contribution in [-0.2, 0) is 6.54 Å². The van der Waals surface area contributed by atoms with Crippen LogP contribution in [0.15, 0.2) is 84.9 Å². The van der Waals surface area contributed by atoms with E-state index in [1.807, 2.05) is 24.3 Å². The van der Waals surface area contributed by atoms with Crippen molar-refractivity contribution in [1.29, 1.82) is 0 Å². The summed E-state index contributed by atoms with van der Waals surface area (Å²) in [4.78, 5) is 22.8. The first-order valence-corrected chi connectivity index (χ1v) is 14.7. The minimum atomic E-state index is 0.443. The zero-order valence-corrected chi connectivity index (χ0v) is 23.2. The summed E-state index contributed by atoms with van der Waals surface area (Å²) in [7, 11) is 0. The summed E-state index contributed by atoms with van der Waals surface area (Å²) < 4.78 is 4.93. The van der Waals surface area contributed by atoms with Crippen molar-refractivity contribution in [2.75, 3.05) is 0 Å². The van der Waals surface area contributed by atoms with Gasteiger partial charge in [0.05, 0.1) is 0 Å². The van der Waals surface area contributed by atoms with Crippen LogP contribution >= 0.6 is 0 Å². The highest BCUT2D eigenvalue weighted by atomic mass is 16.1. The molecule has 0 saturated heterocycles. The second-order valence-electron chi connectivity index (χ2n) is 11.0. The van der Waals surface area contributed by atoms with Crippen LogP contribution in [0.25, 0.3) is 43.6 Å². The summed E-state index contributed by atoms with van der Waals surface area (Å²) >= 11 is 0. The van der Waals surface area contributed by atoms with E-state index in [9.17, 15) is 9.59 Å². The highest BCUT2D eigenvalue weighted by Gasteiger charge is 2.17. The highest BCUT2D eigenvalue weighted by Crippen LogP contribution is 2.35. The summed E-state index contributed by atoms with van der Waals surface area (Å²) in [6.07, 6.45) is 10.1. The number of para-hydroxylation sites is 2. The fraction of sp³-hybridized carbons (Fsp3) is 0.278. The molecule has 2 aromatic heterocycles. The van der Waals surface area contributed by atoms with E-state index in [0.29, 0.717) is 6.04 Å². The number of hydrogen-bond acceptors (Lipinski definition) is 2. The van der Waals surface area contributed by atoms with Crippen LogP contribution < -0.4 is 0 Å². The fourth-order valence-electron chi connectivity index (χ4n) is 6.57. The van der Waals surface area contributed by atoms with Crippen molar-refractivity contribution < 1.29 is 9.59 Å². The molecule has 202 valence electrons. The molecule has 6 aromatic rings. The zero-order chi connectivity index (χ0) is 27.5. The summed E-state index contributed by atoms with van der Waals surface area (Å²) in [6.45, 7) is 3.28. The van der Waals surface area contributed by atoms with Crippen LogP contribution in [0, 0.1) is 0 Å². The maximum absolute atomic E-state index is 11.4. The Hall–Kier alpha value is -4.18. The van der Waals surface area contributed by atoms with Gasteiger partial charge < -0.3 is 9.13 Å². The lowest BCUT2D eigenvalue weighted by Gasteiger charge is -2.20. The number of carbonyl (C=O) groups is 2. The molecule has 0 saturated carbocycles. The van der Waals surface area contributed by atoms with Gasteiger partial charge in [-0.3, -0.25) is 9.59 Å². The standard InChI is InChI=1S/C36H36N2O2/c1-2-28(38-35-16-10-8-14-30(35)32-23-27(25-40)18-20-36(32)38)12-6-4-3-5-11-21-37-33-15-9-7-13-29(33)31-22-26(24-39)17-19-34(31)37/h7-10,13-20,22-25,28H,2-6,11-12,21H2,1H3. The minimum Gasteiger partial charge on any atom is -0.340 e. The van der Waals surface area contributed by atoms with Crippen LogP contribution in [-0.4, -0.2) is 21.7 Å². The lowest BCUT2D eigenvalue weighted by Crippen LogP contribution is -2.08. The Labute approximate surface area is 235 Å². The summed E-state index contributed by atoms with van der Waals surface area (Å²) in [6, 6.07) is 29.7. The maximum Gasteiger partial charge on any atom is 0.150 e. The number of fused-ring (bicyclic) bond motifs is 6. The van der Waals surface area contributed by atoms with Crippen molar-refractivity contribution in [3.05, 3.63) is 96.1 Å². The summed E-state index contributed by atoms with van der Waals surface area (Å²) in [5, 5.41) is 4.79. The van der Waals surface area contributed by atoms with Gasteiger partial charge in [-0.25, -0.2) is 0 Å². The Morgan fingerprint density at radius 1 is 0.600 bits per heavy atom. The monoisotopic (exact) mass is 528 g/mol. The van der Waals surface area contributed by atoms with Gasteiger partial charge >= 0.3 is 0 Å². The Kier molecular flexibility index (Phi) is 7.50. The van der Waals surface area contributed by atoms with Crippen LogP contribution in [0.5, 0.6) is 0 Å². The number of aldehydes is 2. The molecular formula is C36H36N2O2. The van der Waals surface area contributed by atoms with Crippen molar-refractivity contribution >= 4 is 56.2 Å². The third-order valence-corrected chi connectivity index (χ3v) is 8.56. The smallest absolute Gasteiger partial charge is 0.150 e. The molecule has 2 heterocycles. The number of aromatic nitrogens is 2. The third kappa shape index (κ3) is 4.72. The Bertz CT molecular complexity index is 1820. The predicted molar refractivity (Wildman–Crippen MR) is 167 cm³/mol. The van der Waals surface area contributed by atoms with Gasteiger partial charge in [0.1, 0.15) is 12.6 Å². The Morgan fingerprint density at radius 3 is 1.82 bits per heavy atom. The van der Waals surface area contributed by atoms with E-state index in [1.165, 1.54) is 69.3 Å². The molecule has 0 fully saturated rings.